The summed E-state index contributed by atoms with van der Waals surface area (Å²) in [5.74, 6) is -0.482. The summed E-state index contributed by atoms with van der Waals surface area (Å²) in [7, 11) is 0. The molecule has 0 fully saturated rings. The minimum Gasteiger partial charge on any atom is -0.326 e. The number of rotatable bonds is 5. The maximum absolute atomic E-state index is 11.8. The maximum atomic E-state index is 11.8. The van der Waals surface area contributed by atoms with Crippen LogP contribution in [0, 0.1) is 0 Å². The quantitative estimate of drug-likeness (QED) is 0.657. The molecular weight excluding hydrogens is 278 g/mol. The van der Waals surface area contributed by atoms with Gasteiger partial charge in [-0.25, -0.2) is 5.43 Å². The third kappa shape index (κ3) is 4.86. The minimum atomic E-state index is -0.302. The molecule has 0 unspecified atom stereocenters. The standard InChI is InChI=1S/C17H17N3O2/c1-13(12-16(21)18-15-10-6-3-7-11-15)19-20-17(22)14-8-4-2-5-9-14/h2-11H,12H2,1H3,(H,18,21)(H,20,22)/b19-13-. The van der Waals surface area contributed by atoms with E-state index in [9.17, 15) is 9.59 Å². The van der Waals surface area contributed by atoms with Crippen LogP contribution in [0.15, 0.2) is 65.8 Å². The van der Waals surface area contributed by atoms with Crippen molar-refractivity contribution in [1.82, 2.24) is 5.43 Å². The van der Waals surface area contributed by atoms with Gasteiger partial charge >= 0.3 is 0 Å². The summed E-state index contributed by atoms with van der Waals surface area (Å²) >= 11 is 0. The van der Waals surface area contributed by atoms with E-state index in [0.717, 1.165) is 5.69 Å². The number of carbonyl (C=O) groups excluding carboxylic acids is 2. The molecule has 2 amide bonds. The molecule has 0 saturated heterocycles. The second kappa shape index (κ2) is 7.73. The first kappa shape index (κ1) is 15.4. The Balaban J connectivity index is 1.85. The molecule has 112 valence electrons. The molecule has 5 heteroatoms. The molecular formula is C17H17N3O2. The van der Waals surface area contributed by atoms with Gasteiger partial charge in [-0.3, -0.25) is 9.59 Å². The van der Waals surface area contributed by atoms with Gasteiger partial charge in [0.1, 0.15) is 0 Å². The van der Waals surface area contributed by atoms with Crippen LogP contribution in [0.5, 0.6) is 0 Å². The van der Waals surface area contributed by atoms with Gasteiger partial charge in [0, 0.05) is 17.0 Å². The molecule has 2 N–H and O–H groups in total. The van der Waals surface area contributed by atoms with Crippen LogP contribution in [-0.2, 0) is 4.79 Å². The number of benzene rings is 2. The lowest BCUT2D eigenvalue weighted by Gasteiger charge is -2.05. The Bertz CT molecular complexity index is 667. The summed E-state index contributed by atoms with van der Waals surface area (Å²) in [6.45, 7) is 1.69. The largest absolute Gasteiger partial charge is 0.326 e. The lowest BCUT2D eigenvalue weighted by Crippen LogP contribution is -2.21. The highest BCUT2D eigenvalue weighted by Gasteiger charge is 2.06. The minimum absolute atomic E-state index is 0.115. The zero-order valence-electron chi connectivity index (χ0n) is 12.2. The van der Waals surface area contributed by atoms with E-state index in [1.54, 1.807) is 31.2 Å². The first-order valence-corrected chi connectivity index (χ1v) is 6.88. The number of anilines is 1. The van der Waals surface area contributed by atoms with E-state index in [-0.39, 0.29) is 18.2 Å². The van der Waals surface area contributed by atoms with Crippen molar-refractivity contribution in [2.45, 2.75) is 13.3 Å². The van der Waals surface area contributed by atoms with Crippen LogP contribution in [-0.4, -0.2) is 17.5 Å². The fraction of sp³-hybridized carbons (Fsp3) is 0.118. The van der Waals surface area contributed by atoms with Crippen molar-refractivity contribution < 1.29 is 9.59 Å². The predicted molar refractivity (Wildman–Crippen MR) is 86.7 cm³/mol. The van der Waals surface area contributed by atoms with E-state index >= 15 is 0 Å². The van der Waals surface area contributed by atoms with Gasteiger partial charge in [-0.05, 0) is 31.2 Å². The number of hydrogen-bond acceptors (Lipinski definition) is 3. The summed E-state index contributed by atoms with van der Waals surface area (Å²) in [5, 5.41) is 6.70. The molecule has 0 aliphatic rings. The van der Waals surface area contributed by atoms with Crippen molar-refractivity contribution in [3.8, 4) is 0 Å². The van der Waals surface area contributed by atoms with E-state index in [4.69, 9.17) is 0 Å². The molecule has 0 aliphatic carbocycles. The van der Waals surface area contributed by atoms with Crippen LogP contribution < -0.4 is 10.7 Å². The Morgan fingerprint density at radius 3 is 2.18 bits per heavy atom. The highest BCUT2D eigenvalue weighted by molar-refractivity contribution is 6.06. The Labute approximate surface area is 129 Å². The van der Waals surface area contributed by atoms with Crippen LogP contribution >= 0.6 is 0 Å². The van der Waals surface area contributed by atoms with Gasteiger partial charge in [-0.15, -0.1) is 0 Å². The SMILES string of the molecule is C/C(CC(=O)Nc1ccccc1)=N/NC(=O)c1ccccc1. The van der Waals surface area contributed by atoms with Crippen molar-refractivity contribution in [3.63, 3.8) is 0 Å². The zero-order chi connectivity index (χ0) is 15.8. The van der Waals surface area contributed by atoms with Crippen molar-refractivity contribution in [2.24, 2.45) is 5.10 Å². The number of amides is 2. The molecule has 0 bridgehead atoms. The van der Waals surface area contributed by atoms with Crippen LogP contribution in [0.2, 0.25) is 0 Å². The second-order valence-corrected chi connectivity index (χ2v) is 4.75. The normalized spacial score (nSPS) is 10.9. The summed E-state index contributed by atoms with van der Waals surface area (Å²) < 4.78 is 0. The van der Waals surface area contributed by atoms with Crippen LogP contribution in [0.4, 0.5) is 5.69 Å². The molecule has 0 heterocycles. The molecule has 2 aromatic rings. The lowest BCUT2D eigenvalue weighted by atomic mass is 10.2. The molecule has 2 aromatic carbocycles. The van der Waals surface area contributed by atoms with Crippen molar-refractivity contribution in [1.29, 1.82) is 0 Å². The molecule has 22 heavy (non-hydrogen) atoms. The number of para-hydroxylation sites is 1. The number of hydrogen-bond donors (Lipinski definition) is 2. The molecule has 5 nitrogen and oxygen atoms in total. The number of nitrogens with one attached hydrogen (secondary N) is 2. The van der Waals surface area contributed by atoms with E-state index in [1.807, 2.05) is 36.4 Å². The Kier molecular flexibility index (Phi) is 5.43. The first-order valence-electron chi connectivity index (χ1n) is 6.88. The van der Waals surface area contributed by atoms with Gasteiger partial charge in [0.25, 0.3) is 5.91 Å². The van der Waals surface area contributed by atoms with Crippen LogP contribution in [0.3, 0.4) is 0 Å². The van der Waals surface area contributed by atoms with E-state index in [2.05, 4.69) is 15.8 Å². The fourth-order valence-electron chi connectivity index (χ4n) is 1.80. The third-order valence-electron chi connectivity index (χ3n) is 2.86. The van der Waals surface area contributed by atoms with Crippen LogP contribution in [0.25, 0.3) is 0 Å². The van der Waals surface area contributed by atoms with E-state index in [1.165, 1.54) is 0 Å². The Hall–Kier alpha value is -2.95. The molecule has 0 radical (unpaired) electrons. The molecule has 0 aliphatic heterocycles. The zero-order valence-corrected chi connectivity index (χ0v) is 12.2. The van der Waals surface area contributed by atoms with Crippen molar-refractivity contribution >= 4 is 23.2 Å². The van der Waals surface area contributed by atoms with Crippen LogP contribution in [0.1, 0.15) is 23.7 Å². The van der Waals surface area contributed by atoms with Gasteiger partial charge in [0.2, 0.25) is 5.91 Å². The number of nitrogens with zero attached hydrogens (tertiary/aromatic N) is 1. The molecule has 2 rings (SSSR count). The predicted octanol–water partition coefficient (Wildman–Crippen LogP) is 2.82. The number of carbonyl (C=O) groups is 2. The fourth-order valence-corrected chi connectivity index (χ4v) is 1.80. The topological polar surface area (TPSA) is 70.6 Å². The monoisotopic (exact) mass is 295 g/mol. The van der Waals surface area contributed by atoms with Gasteiger partial charge in [0.05, 0.1) is 6.42 Å². The summed E-state index contributed by atoms with van der Waals surface area (Å²) in [5.41, 5.74) is 4.21. The maximum Gasteiger partial charge on any atom is 0.271 e. The molecule has 0 saturated carbocycles. The van der Waals surface area contributed by atoms with E-state index < -0.39 is 0 Å². The molecule has 0 aromatic heterocycles. The highest BCUT2D eigenvalue weighted by Crippen LogP contribution is 2.05. The van der Waals surface area contributed by atoms with Gasteiger partial charge in [-0.1, -0.05) is 36.4 Å². The van der Waals surface area contributed by atoms with Crippen molar-refractivity contribution in [2.75, 3.05) is 5.32 Å². The third-order valence-corrected chi connectivity index (χ3v) is 2.86. The first-order chi connectivity index (χ1) is 10.6. The Morgan fingerprint density at radius 2 is 1.55 bits per heavy atom. The average molecular weight is 295 g/mol. The average Bonchev–Trinajstić information content (AvgIpc) is 2.54. The number of hydrazone groups is 1. The molecule has 0 spiro atoms. The molecule has 0 atom stereocenters. The van der Waals surface area contributed by atoms with Gasteiger partial charge in [-0.2, -0.15) is 5.10 Å². The summed E-state index contributed by atoms with van der Waals surface area (Å²) in [6, 6.07) is 18.0. The van der Waals surface area contributed by atoms with Gasteiger partial charge < -0.3 is 5.32 Å². The summed E-state index contributed by atoms with van der Waals surface area (Å²) in [4.78, 5) is 23.6. The van der Waals surface area contributed by atoms with E-state index in [0.29, 0.717) is 11.3 Å². The van der Waals surface area contributed by atoms with Crippen molar-refractivity contribution in [3.05, 3.63) is 66.2 Å². The lowest BCUT2D eigenvalue weighted by molar-refractivity contribution is -0.115. The second-order valence-electron chi connectivity index (χ2n) is 4.75. The summed E-state index contributed by atoms with van der Waals surface area (Å²) in [6.07, 6.45) is 0.115. The van der Waals surface area contributed by atoms with Gasteiger partial charge in [0.15, 0.2) is 0 Å². The Morgan fingerprint density at radius 1 is 0.955 bits per heavy atom. The highest BCUT2D eigenvalue weighted by atomic mass is 16.2. The smallest absolute Gasteiger partial charge is 0.271 e.